The van der Waals surface area contributed by atoms with E-state index >= 15 is 0 Å². The Hall–Kier alpha value is -3.65. The molecule has 0 unspecified atom stereocenters. The molecular formula is C24H24N2O5S. The van der Waals surface area contributed by atoms with Crippen molar-refractivity contribution in [3.63, 3.8) is 0 Å². The molecule has 1 amide bonds. The fraction of sp³-hybridized carbons (Fsp3) is 0.167. The van der Waals surface area contributed by atoms with Crippen molar-refractivity contribution in [2.24, 2.45) is 0 Å². The van der Waals surface area contributed by atoms with Gasteiger partial charge in [-0.3, -0.25) is 9.10 Å². The van der Waals surface area contributed by atoms with E-state index < -0.39 is 21.9 Å². The summed E-state index contributed by atoms with van der Waals surface area (Å²) in [5, 5.41) is 2.74. The molecule has 0 bridgehead atoms. The van der Waals surface area contributed by atoms with E-state index in [-0.39, 0.29) is 10.5 Å². The van der Waals surface area contributed by atoms with E-state index in [9.17, 15) is 18.0 Å². The normalized spacial score (nSPS) is 11.0. The average molecular weight is 453 g/mol. The van der Waals surface area contributed by atoms with Gasteiger partial charge in [0.1, 0.15) is 0 Å². The smallest absolute Gasteiger partial charge is 0.337 e. The lowest BCUT2D eigenvalue weighted by Gasteiger charge is -2.20. The van der Waals surface area contributed by atoms with Crippen LogP contribution in [0.3, 0.4) is 0 Å². The summed E-state index contributed by atoms with van der Waals surface area (Å²) in [6.45, 7) is 3.71. The minimum absolute atomic E-state index is 0.00624. The van der Waals surface area contributed by atoms with Crippen molar-refractivity contribution in [3.05, 3.63) is 89.0 Å². The van der Waals surface area contributed by atoms with Gasteiger partial charge in [0, 0.05) is 18.3 Å². The molecule has 166 valence electrons. The summed E-state index contributed by atoms with van der Waals surface area (Å²) in [7, 11) is -1.13. The third-order valence-electron chi connectivity index (χ3n) is 5.06. The Morgan fingerprint density at radius 3 is 2.25 bits per heavy atom. The molecule has 0 heterocycles. The van der Waals surface area contributed by atoms with Gasteiger partial charge in [0.25, 0.3) is 15.9 Å². The monoisotopic (exact) mass is 452 g/mol. The third-order valence-corrected chi connectivity index (χ3v) is 6.84. The summed E-state index contributed by atoms with van der Waals surface area (Å²) < 4.78 is 32.1. The Labute approximate surface area is 187 Å². The van der Waals surface area contributed by atoms with Crippen LogP contribution in [0, 0.1) is 13.8 Å². The number of aryl methyl sites for hydroxylation is 2. The van der Waals surface area contributed by atoms with Crippen LogP contribution >= 0.6 is 0 Å². The Morgan fingerprint density at radius 2 is 1.59 bits per heavy atom. The number of methoxy groups -OCH3 is 1. The first-order valence-corrected chi connectivity index (χ1v) is 11.2. The zero-order valence-corrected chi connectivity index (χ0v) is 19.1. The van der Waals surface area contributed by atoms with Crippen LogP contribution in [0.2, 0.25) is 0 Å². The van der Waals surface area contributed by atoms with E-state index in [0.717, 1.165) is 11.1 Å². The molecule has 3 aromatic rings. The Balaban J connectivity index is 1.88. The number of carbonyl (C=O) groups excluding carboxylic acids is 2. The zero-order chi connectivity index (χ0) is 23.5. The van der Waals surface area contributed by atoms with Gasteiger partial charge in [-0.1, -0.05) is 29.8 Å². The number of nitrogens with zero attached hydrogens (tertiary/aromatic N) is 1. The van der Waals surface area contributed by atoms with E-state index in [1.54, 1.807) is 31.2 Å². The largest absolute Gasteiger partial charge is 0.465 e. The highest BCUT2D eigenvalue weighted by Crippen LogP contribution is 2.24. The summed E-state index contributed by atoms with van der Waals surface area (Å²) in [5.41, 5.74) is 3.18. The molecule has 0 fully saturated rings. The van der Waals surface area contributed by atoms with Crippen LogP contribution in [0.25, 0.3) is 0 Å². The number of sulfonamides is 1. The number of amides is 1. The third kappa shape index (κ3) is 4.81. The SMILES string of the molecule is COC(=O)c1ccc(C)c(NC(=O)c2cccc(S(=O)(=O)N(C)c3ccc(C)cc3)c2)c1. The summed E-state index contributed by atoms with van der Waals surface area (Å²) in [6.07, 6.45) is 0. The second-order valence-corrected chi connectivity index (χ2v) is 9.28. The van der Waals surface area contributed by atoms with Gasteiger partial charge in [-0.15, -0.1) is 0 Å². The second kappa shape index (κ2) is 9.23. The van der Waals surface area contributed by atoms with Gasteiger partial charge in [0.05, 0.1) is 23.3 Å². The van der Waals surface area contributed by atoms with E-state index in [0.29, 0.717) is 16.9 Å². The first-order valence-electron chi connectivity index (χ1n) is 9.79. The molecule has 8 heteroatoms. The van der Waals surface area contributed by atoms with Crippen molar-refractivity contribution in [2.75, 3.05) is 23.8 Å². The lowest BCUT2D eigenvalue weighted by atomic mass is 10.1. The maximum absolute atomic E-state index is 13.1. The minimum atomic E-state index is -3.87. The van der Waals surface area contributed by atoms with Crippen LogP contribution in [-0.4, -0.2) is 34.5 Å². The maximum atomic E-state index is 13.1. The number of hydrogen-bond acceptors (Lipinski definition) is 5. The molecule has 3 rings (SSSR count). The van der Waals surface area contributed by atoms with Gasteiger partial charge in [0.15, 0.2) is 0 Å². The van der Waals surface area contributed by atoms with Crippen LogP contribution in [-0.2, 0) is 14.8 Å². The number of rotatable bonds is 6. The number of hydrogen-bond donors (Lipinski definition) is 1. The summed E-state index contributed by atoms with van der Waals surface area (Å²) in [6, 6.07) is 17.7. The van der Waals surface area contributed by atoms with Crippen LogP contribution in [0.5, 0.6) is 0 Å². The lowest BCUT2D eigenvalue weighted by Crippen LogP contribution is -2.27. The molecule has 0 saturated carbocycles. The fourth-order valence-corrected chi connectivity index (χ4v) is 4.29. The van der Waals surface area contributed by atoms with Crippen molar-refractivity contribution in [1.82, 2.24) is 0 Å². The Morgan fingerprint density at radius 1 is 0.906 bits per heavy atom. The number of nitrogens with one attached hydrogen (secondary N) is 1. The van der Waals surface area contributed by atoms with Crippen LogP contribution in [0.4, 0.5) is 11.4 Å². The number of esters is 1. The highest BCUT2D eigenvalue weighted by molar-refractivity contribution is 7.92. The number of carbonyl (C=O) groups is 2. The number of anilines is 2. The minimum Gasteiger partial charge on any atom is -0.465 e. The zero-order valence-electron chi connectivity index (χ0n) is 18.2. The van der Waals surface area contributed by atoms with Crippen LogP contribution in [0.15, 0.2) is 71.6 Å². The molecular weight excluding hydrogens is 428 g/mol. The molecule has 0 atom stereocenters. The van der Waals surface area contributed by atoms with E-state index in [4.69, 9.17) is 4.74 Å². The van der Waals surface area contributed by atoms with Gasteiger partial charge in [-0.25, -0.2) is 13.2 Å². The van der Waals surface area contributed by atoms with E-state index in [2.05, 4.69) is 5.32 Å². The number of ether oxygens (including phenoxy) is 1. The van der Waals surface area contributed by atoms with Crippen LogP contribution < -0.4 is 9.62 Å². The molecule has 0 radical (unpaired) electrons. The molecule has 7 nitrogen and oxygen atoms in total. The predicted octanol–water partition coefficient (Wildman–Crippen LogP) is 4.17. The van der Waals surface area contributed by atoms with Gasteiger partial charge >= 0.3 is 5.97 Å². The maximum Gasteiger partial charge on any atom is 0.337 e. The fourth-order valence-electron chi connectivity index (χ4n) is 3.05. The first-order chi connectivity index (χ1) is 15.1. The molecule has 32 heavy (non-hydrogen) atoms. The van der Waals surface area contributed by atoms with E-state index in [1.165, 1.54) is 48.8 Å². The van der Waals surface area contributed by atoms with Gasteiger partial charge in [-0.05, 0) is 61.9 Å². The quantitative estimate of drug-likeness (QED) is 0.567. The summed E-state index contributed by atoms with van der Waals surface area (Å²) in [4.78, 5) is 24.6. The lowest BCUT2D eigenvalue weighted by molar-refractivity contribution is 0.0600. The second-order valence-electron chi connectivity index (χ2n) is 7.31. The topological polar surface area (TPSA) is 92.8 Å². The van der Waals surface area contributed by atoms with Gasteiger partial charge < -0.3 is 10.1 Å². The van der Waals surface area contributed by atoms with Crippen molar-refractivity contribution in [1.29, 1.82) is 0 Å². The van der Waals surface area contributed by atoms with Gasteiger partial charge in [0.2, 0.25) is 0 Å². The van der Waals surface area contributed by atoms with E-state index in [1.807, 2.05) is 19.1 Å². The molecule has 0 aliphatic heterocycles. The average Bonchev–Trinajstić information content (AvgIpc) is 2.80. The molecule has 1 N–H and O–H groups in total. The van der Waals surface area contributed by atoms with Crippen molar-refractivity contribution < 1.29 is 22.7 Å². The summed E-state index contributed by atoms with van der Waals surface area (Å²) in [5.74, 6) is -1.02. The Kier molecular flexibility index (Phi) is 6.64. The summed E-state index contributed by atoms with van der Waals surface area (Å²) >= 11 is 0. The highest BCUT2D eigenvalue weighted by atomic mass is 32.2. The molecule has 0 spiro atoms. The standard InChI is InChI=1S/C24H24N2O5S/c1-16-8-12-20(13-9-16)26(3)32(29,30)21-7-5-6-18(14-21)23(27)25-22-15-19(24(28)31-4)11-10-17(22)2/h5-15H,1-4H3,(H,25,27). The van der Waals surface area contributed by atoms with Gasteiger partial charge in [-0.2, -0.15) is 0 Å². The Bertz CT molecular complexity index is 1270. The molecule has 0 aliphatic rings. The molecule has 3 aromatic carbocycles. The van der Waals surface area contributed by atoms with Crippen LogP contribution in [0.1, 0.15) is 31.8 Å². The molecule has 0 aliphatic carbocycles. The van der Waals surface area contributed by atoms with Crippen molar-refractivity contribution in [3.8, 4) is 0 Å². The van der Waals surface area contributed by atoms with Crippen molar-refractivity contribution >= 4 is 33.3 Å². The predicted molar refractivity (Wildman–Crippen MR) is 124 cm³/mol. The first kappa shape index (κ1) is 23.0. The number of benzene rings is 3. The van der Waals surface area contributed by atoms with Crippen molar-refractivity contribution in [2.45, 2.75) is 18.7 Å². The highest BCUT2D eigenvalue weighted by Gasteiger charge is 2.22. The molecule has 0 saturated heterocycles. The molecule has 0 aromatic heterocycles.